The van der Waals surface area contributed by atoms with Gasteiger partial charge in [-0.15, -0.1) is 23.1 Å². The topological polar surface area (TPSA) is 143 Å². The Hall–Kier alpha value is -5.40. The van der Waals surface area contributed by atoms with Crippen LogP contribution in [-0.4, -0.2) is 59.5 Å². The first-order chi connectivity index (χ1) is 25.1. The fraction of sp³-hybridized carbons (Fsp3) is 0.256. The van der Waals surface area contributed by atoms with Gasteiger partial charge in [-0.3, -0.25) is 19.2 Å². The first kappa shape index (κ1) is 37.8. The van der Waals surface area contributed by atoms with Crippen molar-refractivity contribution in [3.63, 3.8) is 0 Å². The van der Waals surface area contributed by atoms with E-state index < -0.39 is 23.0 Å². The van der Waals surface area contributed by atoms with E-state index in [0.717, 1.165) is 10.4 Å². The van der Waals surface area contributed by atoms with Gasteiger partial charge in [-0.05, 0) is 75.2 Å². The average Bonchev–Trinajstić information content (AvgIpc) is 3.49. The van der Waals surface area contributed by atoms with Gasteiger partial charge >= 0.3 is 5.97 Å². The minimum atomic E-state index is -0.593. The van der Waals surface area contributed by atoms with Crippen molar-refractivity contribution in [1.82, 2.24) is 10.2 Å². The molecule has 1 aliphatic rings. The molecule has 2 heterocycles. The Morgan fingerprint density at radius 3 is 2.42 bits per heavy atom. The molecule has 0 fully saturated rings. The fourth-order valence-electron chi connectivity index (χ4n) is 5.48. The molecule has 0 spiro atoms. The maximum atomic E-state index is 13.7. The summed E-state index contributed by atoms with van der Waals surface area (Å²) in [6, 6.07) is 22.8. The lowest BCUT2D eigenvalue weighted by Gasteiger charge is -2.25. The van der Waals surface area contributed by atoms with Crippen molar-refractivity contribution in [1.29, 1.82) is 0 Å². The molecule has 0 saturated heterocycles. The van der Waals surface area contributed by atoms with E-state index in [1.807, 2.05) is 25.1 Å². The zero-order chi connectivity index (χ0) is 37.2. The molecule has 0 radical (unpaired) electrons. The lowest BCUT2D eigenvalue weighted by Crippen LogP contribution is -2.34. The van der Waals surface area contributed by atoms with Gasteiger partial charge in [0.15, 0.2) is 0 Å². The molecule has 1 atom stereocenters. The van der Waals surface area contributed by atoms with Crippen molar-refractivity contribution in [2.45, 2.75) is 50.8 Å². The highest BCUT2D eigenvalue weighted by Gasteiger charge is 2.31. The zero-order valence-corrected chi connectivity index (χ0v) is 31.0. The lowest BCUT2D eigenvalue weighted by molar-refractivity contribution is -0.129. The van der Waals surface area contributed by atoms with E-state index in [4.69, 9.17) is 9.47 Å². The number of thiophene rings is 1. The first-order valence-corrected chi connectivity index (χ1v) is 18.5. The number of nitrogens with zero attached hydrogens (tertiary/aromatic N) is 1. The van der Waals surface area contributed by atoms with Crippen LogP contribution in [0.5, 0.6) is 5.75 Å². The summed E-state index contributed by atoms with van der Waals surface area (Å²) in [5.41, 5.74) is 2.60. The van der Waals surface area contributed by atoms with Crippen molar-refractivity contribution in [3.05, 3.63) is 112 Å². The molecule has 0 saturated carbocycles. The molecule has 52 heavy (non-hydrogen) atoms. The highest BCUT2D eigenvalue weighted by atomic mass is 32.2. The number of carbonyl (C=O) groups excluding carboxylic acids is 5. The minimum Gasteiger partial charge on any atom is -0.493 e. The number of amides is 4. The molecule has 5 rings (SSSR count). The van der Waals surface area contributed by atoms with E-state index in [0.29, 0.717) is 64.1 Å². The van der Waals surface area contributed by atoms with Crippen LogP contribution in [0, 0.1) is 0 Å². The summed E-state index contributed by atoms with van der Waals surface area (Å²) in [4.78, 5) is 68.6. The predicted octanol–water partition coefficient (Wildman–Crippen LogP) is 6.76. The lowest BCUT2D eigenvalue weighted by atomic mass is 10.0. The SMILES string of the molecule is CCOC(=O)c1c(NC(=O)C(C)Sc2cccc(NC(=O)/C(=C\c3ccccc3OCC)NC(=O)c3ccccc3)c2)sc2c1CCN(C(C)=O)C2. The number of fused-ring (bicyclic) bond motifs is 1. The van der Waals surface area contributed by atoms with Crippen LogP contribution >= 0.6 is 23.1 Å². The number of hydrogen-bond donors (Lipinski definition) is 3. The number of carbonyl (C=O) groups is 5. The van der Waals surface area contributed by atoms with Crippen LogP contribution in [0.3, 0.4) is 0 Å². The Balaban J connectivity index is 1.32. The molecule has 0 bridgehead atoms. The highest BCUT2D eigenvalue weighted by Crippen LogP contribution is 2.38. The molecule has 4 amide bonds. The smallest absolute Gasteiger partial charge is 0.341 e. The molecule has 1 aromatic heterocycles. The van der Waals surface area contributed by atoms with Crippen molar-refractivity contribution >= 4 is 69.5 Å². The number of benzene rings is 3. The molecule has 11 nitrogen and oxygen atoms in total. The number of hydrogen-bond acceptors (Lipinski definition) is 9. The highest BCUT2D eigenvalue weighted by molar-refractivity contribution is 8.00. The van der Waals surface area contributed by atoms with Crippen LogP contribution in [-0.2, 0) is 32.1 Å². The maximum absolute atomic E-state index is 13.7. The van der Waals surface area contributed by atoms with E-state index in [9.17, 15) is 24.0 Å². The molecule has 4 aromatic rings. The first-order valence-electron chi connectivity index (χ1n) is 16.8. The van der Waals surface area contributed by atoms with Gasteiger partial charge in [0.1, 0.15) is 16.4 Å². The Morgan fingerprint density at radius 2 is 1.69 bits per heavy atom. The third-order valence-electron chi connectivity index (χ3n) is 8.04. The normalized spacial score (nSPS) is 13.0. The van der Waals surface area contributed by atoms with E-state index in [1.54, 1.807) is 85.5 Å². The van der Waals surface area contributed by atoms with Crippen LogP contribution in [0.2, 0.25) is 0 Å². The van der Waals surface area contributed by atoms with Gasteiger partial charge in [0.05, 0.1) is 30.6 Å². The summed E-state index contributed by atoms with van der Waals surface area (Å²) in [7, 11) is 0. The molecule has 3 N–H and O–H groups in total. The summed E-state index contributed by atoms with van der Waals surface area (Å²) in [5, 5.41) is 8.35. The van der Waals surface area contributed by atoms with E-state index in [-0.39, 0.29) is 24.1 Å². The fourth-order valence-corrected chi connectivity index (χ4v) is 7.66. The molecule has 270 valence electrons. The summed E-state index contributed by atoms with van der Waals surface area (Å²) in [6.45, 7) is 8.30. The van der Waals surface area contributed by atoms with Crippen LogP contribution in [0.25, 0.3) is 6.08 Å². The molecule has 1 aliphatic heterocycles. The van der Waals surface area contributed by atoms with E-state index >= 15 is 0 Å². The summed E-state index contributed by atoms with van der Waals surface area (Å²) in [6.07, 6.45) is 2.06. The average molecular weight is 741 g/mol. The van der Waals surface area contributed by atoms with Gasteiger partial charge < -0.3 is 30.3 Å². The van der Waals surface area contributed by atoms with Gasteiger partial charge in [-0.2, -0.15) is 0 Å². The van der Waals surface area contributed by atoms with Crippen LogP contribution in [0.4, 0.5) is 10.7 Å². The Morgan fingerprint density at radius 1 is 0.942 bits per heavy atom. The van der Waals surface area contributed by atoms with Gasteiger partial charge in [0, 0.05) is 40.1 Å². The van der Waals surface area contributed by atoms with Gasteiger partial charge in [0.25, 0.3) is 11.8 Å². The summed E-state index contributed by atoms with van der Waals surface area (Å²) >= 11 is 2.55. The zero-order valence-electron chi connectivity index (χ0n) is 29.3. The number of anilines is 2. The van der Waals surface area contributed by atoms with Crippen molar-refractivity contribution < 1.29 is 33.4 Å². The monoisotopic (exact) mass is 740 g/mol. The Labute approximate surface area is 310 Å². The standard InChI is InChI=1S/C39H40N4O7S2/c1-5-49-32-18-11-10-15-27(32)21-31(41-36(46)26-13-8-7-9-14-26)37(47)40-28-16-12-17-29(22-28)51-24(3)35(45)42-38-34(39(48)50-6-2)30-19-20-43(25(4)44)23-33(30)52-38/h7-18,21-22,24H,5-6,19-20,23H2,1-4H3,(H,40,47)(H,41,46)(H,42,45)/b31-21+. The van der Waals surface area contributed by atoms with Crippen LogP contribution in [0.15, 0.2) is 89.5 Å². The summed E-state index contributed by atoms with van der Waals surface area (Å²) < 4.78 is 11.1. The quantitative estimate of drug-likeness (QED) is 0.0776. The molecule has 1 unspecified atom stereocenters. The van der Waals surface area contributed by atoms with Gasteiger partial charge in [0.2, 0.25) is 11.8 Å². The van der Waals surface area contributed by atoms with E-state index in [2.05, 4.69) is 16.0 Å². The number of ether oxygens (including phenoxy) is 2. The second-order valence-corrected chi connectivity index (χ2v) is 14.2. The predicted molar refractivity (Wildman–Crippen MR) is 204 cm³/mol. The molecular weight excluding hydrogens is 701 g/mol. The van der Waals surface area contributed by atoms with Crippen molar-refractivity contribution in [2.75, 3.05) is 30.4 Å². The van der Waals surface area contributed by atoms with E-state index in [1.165, 1.54) is 30.0 Å². The Kier molecular flexibility index (Phi) is 12.9. The number of esters is 1. The summed E-state index contributed by atoms with van der Waals surface area (Å²) in [5.74, 6) is -1.33. The Bertz CT molecular complexity index is 1990. The number of nitrogens with one attached hydrogen (secondary N) is 3. The number of thioether (sulfide) groups is 1. The van der Waals surface area contributed by atoms with Gasteiger partial charge in [-0.25, -0.2) is 4.79 Å². The second-order valence-electron chi connectivity index (χ2n) is 11.7. The second kappa shape index (κ2) is 17.7. The number of para-hydroxylation sites is 1. The molecular formula is C39H40N4O7S2. The third-order valence-corrected chi connectivity index (χ3v) is 10.3. The molecule has 13 heteroatoms. The molecule has 0 aliphatic carbocycles. The largest absolute Gasteiger partial charge is 0.493 e. The maximum Gasteiger partial charge on any atom is 0.341 e. The number of rotatable bonds is 13. The van der Waals surface area contributed by atoms with Crippen molar-refractivity contribution in [2.24, 2.45) is 0 Å². The minimum absolute atomic E-state index is 0.00859. The molecule has 3 aromatic carbocycles. The van der Waals surface area contributed by atoms with Crippen LogP contribution in [0.1, 0.15) is 64.4 Å². The van der Waals surface area contributed by atoms with Crippen LogP contribution < -0.4 is 20.7 Å². The third kappa shape index (κ3) is 9.47. The van der Waals surface area contributed by atoms with Crippen molar-refractivity contribution in [3.8, 4) is 5.75 Å². The van der Waals surface area contributed by atoms with Gasteiger partial charge in [-0.1, -0.05) is 42.5 Å².